The van der Waals surface area contributed by atoms with Gasteiger partial charge < -0.3 is 15.2 Å². The van der Waals surface area contributed by atoms with E-state index in [4.69, 9.17) is 4.74 Å². The van der Waals surface area contributed by atoms with E-state index >= 15 is 0 Å². The molecule has 4 nitrogen and oxygen atoms in total. The van der Waals surface area contributed by atoms with Gasteiger partial charge in [0, 0.05) is 32.2 Å². The summed E-state index contributed by atoms with van der Waals surface area (Å²) in [5, 5.41) is 14.0. The molecule has 2 fully saturated rings. The number of ether oxygens (including phenoxy) is 1. The summed E-state index contributed by atoms with van der Waals surface area (Å²) in [7, 11) is 1.70. The van der Waals surface area contributed by atoms with E-state index in [2.05, 4.69) is 10.2 Å². The Labute approximate surface area is 157 Å². The third-order valence-corrected chi connectivity index (χ3v) is 5.20. The van der Waals surface area contributed by atoms with Gasteiger partial charge in [0.05, 0.1) is 12.7 Å². The fraction of sp³-hybridized carbons (Fsp3) is 0.667. The van der Waals surface area contributed by atoms with Crippen LogP contribution >= 0.6 is 24.8 Å². The van der Waals surface area contributed by atoms with Crippen LogP contribution in [0.1, 0.15) is 43.7 Å². The quantitative estimate of drug-likeness (QED) is 0.839. The van der Waals surface area contributed by atoms with E-state index in [1.54, 1.807) is 13.2 Å². The van der Waals surface area contributed by atoms with Gasteiger partial charge in [0.2, 0.25) is 0 Å². The first-order chi connectivity index (χ1) is 10.8. The third-order valence-electron chi connectivity index (χ3n) is 5.20. The van der Waals surface area contributed by atoms with Crippen LogP contribution in [0.25, 0.3) is 0 Å². The summed E-state index contributed by atoms with van der Waals surface area (Å²) in [6, 6.07) is 5.93. The average Bonchev–Trinajstić information content (AvgIpc) is 2.58. The topological polar surface area (TPSA) is 44.7 Å². The summed E-state index contributed by atoms with van der Waals surface area (Å²) >= 11 is 0. The summed E-state index contributed by atoms with van der Waals surface area (Å²) in [5.74, 6) is 1.83. The maximum atomic E-state index is 10.5. The van der Waals surface area contributed by atoms with Gasteiger partial charge in [-0.2, -0.15) is 0 Å². The van der Waals surface area contributed by atoms with Gasteiger partial charge in [-0.25, -0.2) is 0 Å². The zero-order valence-corrected chi connectivity index (χ0v) is 16.0. The van der Waals surface area contributed by atoms with E-state index < -0.39 is 0 Å². The molecule has 1 heterocycles. The number of nitrogens with one attached hydrogen (secondary N) is 1. The van der Waals surface area contributed by atoms with Crippen LogP contribution in [0.4, 0.5) is 0 Å². The molecule has 3 rings (SSSR count). The highest BCUT2D eigenvalue weighted by molar-refractivity contribution is 5.85. The molecule has 1 saturated carbocycles. The fourth-order valence-electron chi connectivity index (χ4n) is 4.13. The molecule has 0 aromatic heterocycles. The maximum Gasteiger partial charge on any atom is 0.127 e. The van der Waals surface area contributed by atoms with Gasteiger partial charge in [-0.15, -0.1) is 24.8 Å². The Kier molecular flexibility index (Phi) is 9.21. The SMILES string of the molecule is COc1cccc(O)c1[C@H](C1CCCCC1)N1CCNCC1.Cl.Cl. The van der Waals surface area contributed by atoms with Gasteiger partial charge in [0.1, 0.15) is 11.5 Å². The minimum atomic E-state index is 0. The minimum Gasteiger partial charge on any atom is -0.507 e. The molecule has 1 aromatic carbocycles. The number of phenols is 1. The molecule has 1 aliphatic carbocycles. The molecular formula is C18H30Cl2N2O2. The molecule has 1 aliphatic heterocycles. The normalized spacial score (nSPS) is 20.5. The van der Waals surface area contributed by atoms with Gasteiger partial charge in [0.15, 0.2) is 0 Å². The molecule has 138 valence electrons. The number of phenolic OH excluding ortho intramolecular Hbond substituents is 1. The van der Waals surface area contributed by atoms with E-state index in [0.29, 0.717) is 11.7 Å². The highest BCUT2D eigenvalue weighted by Crippen LogP contribution is 2.45. The molecule has 24 heavy (non-hydrogen) atoms. The van der Waals surface area contributed by atoms with Crippen molar-refractivity contribution >= 4 is 24.8 Å². The second-order valence-electron chi connectivity index (χ2n) is 6.52. The lowest BCUT2D eigenvalue weighted by Gasteiger charge is -2.41. The van der Waals surface area contributed by atoms with Crippen LogP contribution in [-0.4, -0.2) is 43.3 Å². The standard InChI is InChI=1S/C18H28N2O2.2ClH/c1-22-16-9-5-8-15(21)17(16)18(14-6-3-2-4-7-14)20-12-10-19-11-13-20;;/h5,8-9,14,18-19,21H,2-4,6-7,10-13H2,1H3;2*1H/t18-;;/m0../s1. The number of hydrogen-bond donors (Lipinski definition) is 2. The molecule has 1 aromatic rings. The van der Waals surface area contributed by atoms with Crippen LogP contribution < -0.4 is 10.1 Å². The largest absolute Gasteiger partial charge is 0.507 e. The number of hydrogen-bond acceptors (Lipinski definition) is 4. The molecule has 0 spiro atoms. The molecule has 2 N–H and O–H groups in total. The van der Waals surface area contributed by atoms with Crippen molar-refractivity contribution in [1.82, 2.24) is 10.2 Å². The number of nitrogens with zero attached hydrogens (tertiary/aromatic N) is 1. The molecule has 6 heteroatoms. The van der Waals surface area contributed by atoms with Crippen LogP contribution in [0, 0.1) is 5.92 Å². The smallest absolute Gasteiger partial charge is 0.127 e. The van der Waals surface area contributed by atoms with Crippen molar-refractivity contribution in [1.29, 1.82) is 0 Å². The van der Waals surface area contributed by atoms with Crippen molar-refractivity contribution in [2.24, 2.45) is 5.92 Å². The highest BCUT2D eigenvalue weighted by Gasteiger charge is 2.34. The van der Waals surface area contributed by atoms with Gasteiger partial charge in [-0.05, 0) is 30.9 Å². The predicted molar refractivity (Wildman–Crippen MR) is 103 cm³/mol. The summed E-state index contributed by atoms with van der Waals surface area (Å²) in [6.07, 6.45) is 6.48. The van der Waals surface area contributed by atoms with Gasteiger partial charge >= 0.3 is 0 Å². The van der Waals surface area contributed by atoms with Crippen LogP contribution in [0.5, 0.6) is 11.5 Å². The molecule has 0 radical (unpaired) electrons. The first kappa shape index (κ1) is 21.4. The van der Waals surface area contributed by atoms with Crippen LogP contribution in [-0.2, 0) is 0 Å². The lowest BCUT2D eigenvalue weighted by molar-refractivity contribution is 0.0991. The van der Waals surface area contributed by atoms with Crippen molar-refractivity contribution < 1.29 is 9.84 Å². The van der Waals surface area contributed by atoms with Crippen molar-refractivity contribution in [2.75, 3.05) is 33.3 Å². The second-order valence-corrected chi connectivity index (χ2v) is 6.52. The van der Waals surface area contributed by atoms with Gasteiger partial charge in [-0.1, -0.05) is 25.3 Å². The van der Waals surface area contributed by atoms with Crippen LogP contribution in [0.2, 0.25) is 0 Å². The highest BCUT2D eigenvalue weighted by atomic mass is 35.5. The van der Waals surface area contributed by atoms with Crippen LogP contribution in [0.15, 0.2) is 18.2 Å². The summed E-state index contributed by atoms with van der Waals surface area (Å²) in [4.78, 5) is 2.55. The molecule has 1 saturated heterocycles. The molecular weight excluding hydrogens is 347 g/mol. The lowest BCUT2D eigenvalue weighted by atomic mass is 9.79. The number of halogens is 2. The molecule has 1 atom stereocenters. The monoisotopic (exact) mass is 376 g/mol. The maximum absolute atomic E-state index is 10.5. The molecule has 0 bridgehead atoms. The summed E-state index contributed by atoms with van der Waals surface area (Å²) < 4.78 is 5.59. The number of aromatic hydroxyl groups is 1. The van der Waals surface area contributed by atoms with E-state index in [9.17, 15) is 5.11 Å². The number of piperazine rings is 1. The van der Waals surface area contributed by atoms with Gasteiger partial charge in [0.25, 0.3) is 0 Å². The van der Waals surface area contributed by atoms with E-state index in [-0.39, 0.29) is 30.9 Å². The Morgan fingerprint density at radius 3 is 2.42 bits per heavy atom. The van der Waals surface area contributed by atoms with Gasteiger partial charge in [-0.3, -0.25) is 4.90 Å². The first-order valence-corrected chi connectivity index (χ1v) is 8.62. The number of rotatable bonds is 4. The Balaban J connectivity index is 0.00000144. The molecule has 0 amide bonds. The Morgan fingerprint density at radius 1 is 1.12 bits per heavy atom. The van der Waals surface area contributed by atoms with Crippen molar-refractivity contribution in [2.45, 2.75) is 38.1 Å². The molecule has 0 unspecified atom stereocenters. The second kappa shape index (κ2) is 10.3. The number of methoxy groups -OCH3 is 1. The lowest BCUT2D eigenvalue weighted by Crippen LogP contribution is -2.47. The summed E-state index contributed by atoms with van der Waals surface area (Å²) in [5.41, 5.74) is 0.999. The van der Waals surface area contributed by atoms with Crippen molar-refractivity contribution in [3.63, 3.8) is 0 Å². The van der Waals surface area contributed by atoms with E-state index in [1.807, 2.05) is 12.1 Å². The van der Waals surface area contributed by atoms with E-state index in [1.165, 1.54) is 32.1 Å². The van der Waals surface area contributed by atoms with Crippen LogP contribution in [0.3, 0.4) is 0 Å². The van der Waals surface area contributed by atoms with E-state index in [0.717, 1.165) is 37.5 Å². The zero-order valence-electron chi connectivity index (χ0n) is 14.4. The average molecular weight is 377 g/mol. The third kappa shape index (κ3) is 4.69. The zero-order chi connectivity index (χ0) is 15.4. The predicted octanol–water partition coefficient (Wildman–Crippen LogP) is 3.77. The first-order valence-electron chi connectivity index (χ1n) is 8.62. The fourth-order valence-corrected chi connectivity index (χ4v) is 4.13. The Bertz CT molecular complexity index is 472. The Morgan fingerprint density at radius 2 is 1.79 bits per heavy atom. The summed E-state index contributed by atoms with van der Waals surface area (Å²) in [6.45, 7) is 4.13. The minimum absolute atomic E-state index is 0. The number of benzene rings is 1. The Hall–Kier alpha value is -0.680. The van der Waals surface area contributed by atoms with Crippen molar-refractivity contribution in [3.05, 3.63) is 23.8 Å². The van der Waals surface area contributed by atoms with Crippen molar-refractivity contribution in [3.8, 4) is 11.5 Å². The molecule has 2 aliphatic rings.